The minimum Gasteiger partial charge on any atom is -0.436 e. The van der Waals surface area contributed by atoms with Crippen molar-refractivity contribution in [2.75, 3.05) is 0 Å². The molecule has 8 aromatic rings. The zero-order chi connectivity index (χ0) is 27.2. The third-order valence-corrected chi connectivity index (χ3v) is 7.93. The molecule has 0 N–H and O–H groups in total. The van der Waals surface area contributed by atoms with E-state index in [0.29, 0.717) is 5.89 Å². The highest BCUT2D eigenvalue weighted by molar-refractivity contribution is 6.21. The molecule has 0 fully saturated rings. The Morgan fingerprint density at radius 2 is 0.756 bits per heavy atom. The van der Waals surface area contributed by atoms with Gasteiger partial charge in [-0.3, -0.25) is 0 Å². The second kappa shape index (κ2) is 9.62. The van der Waals surface area contributed by atoms with Crippen molar-refractivity contribution in [1.82, 2.24) is 4.98 Å². The summed E-state index contributed by atoms with van der Waals surface area (Å²) in [6.07, 6.45) is 0. The molecule has 0 spiro atoms. The maximum absolute atomic E-state index is 6.03. The molecular weight excluding hydrogens is 498 g/mol. The number of oxazole rings is 1. The van der Waals surface area contributed by atoms with E-state index in [4.69, 9.17) is 4.42 Å². The van der Waals surface area contributed by atoms with Gasteiger partial charge in [0.2, 0.25) is 5.89 Å². The third kappa shape index (κ3) is 4.00. The fourth-order valence-electron chi connectivity index (χ4n) is 5.99. The summed E-state index contributed by atoms with van der Waals surface area (Å²) in [5.74, 6) is 0.641. The minimum atomic E-state index is 0.641. The van der Waals surface area contributed by atoms with Crippen molar-refractivity contribution in [3.63, 3.8) is 0 Å². The molecule has 0 radical (unpaired) electrons. The number of aromatic nitrogens is 1. The second-order valence-corrected chi connectivity index (χ2v) is 10.3. The maximum Gasteiger partial charge on any atom is 0.227 e. The van der Waals surface area contributed by atoms with Crippen molar-refractivity contribution in [1.29, 1.82) is 0 Å². The van der Waals surface area contributed by atoms with Gasteiger partial charge in [0.25, 0.3) is 0 Å². The average molecular weight is 524 g/mol. The Kier molecular flexibility index (Phi) is 5.49. The molecule has 0 amide bonds. The molecule has 0 aliphatic rings. The molecule has 2 nitrogen and oxygen atoms in total. The molecule has 0 atom stereocenters. The summed E-state index contributed by atoms with van der Waals surface area (Å²) in [4.78, 5) is 4.69. The lowest BCUT2D eigenvalue weighted by Gasteiger charge is -2.18. The SMILES string of the molecule is c1ccc(-c2ccc(-c3c4ccccc4c(-c4ccc(-c5nc6ccccc6o5)cc4)c4ccccc34)cc2)cc1. The quantitative estimate of drug-likeness (QED) is 0.214. The average Bonchev–Trinajstić information content (AvgIpc) is 3.49. The van der Waals surface area contributed by atoms with Crippen LogP contribution in [-0.4, -0.2) is 4.98 Å². The monoisotopic (exact) mass is 523 g/mol. The first kappa shape index (κ1) is 23.4. The van der Waals surface area contributed by atoms with Crippen LogP contribution in [-0.2, 0) is 0 Å². The highest BCUT2D eigenvalue weighted by Gasteiger charge is 2.17. The van der Waals surface area contributed by atoms with Crippen LogP contribution in [0.25, 0.3) is 77.5 Å². The van der Waals surface area contributed by atoms with E-state index in [9.17, 15) is 0 Å². The number of hydrogen-bond donors (Lipinski definition) is 0. The Hall–Kier alpha value is -5.47. The molecule has 0 aliphatic heterocycles. The Bertz CT molecular complexity index is 2080. The number of rotatable bonds is 4. The van der Waals surface area contributed by atoms with Gasteiger partial charge in [-0.25, -0.2) is 4.98 Å². The highest BCUT2D eigenvalue weighted by atomic mass is 16.3. The fraction of sp³-hybridized carbons (Fsp3) is 0. The van der Waals surface area contributed by atoms with Crippen molar-refractivity contribution >= 4 is 32.6 Å². The number of fused-ring (bicyclic) bond motifs is 3. The van der Waals surface area contributed by atoms with Gasteiger partial charge in [-0.1, -0.05) is 127 Å². The smallest absolute Gasteiger partial charge is 0.227 e. The number of hydrogen-bond acceptors (Lipinski definition) is 2. The van der Waals surface area contributed by atoms with Gasteiger partial charge in [-0.05, 0) is 79.2 Å². The van der Waals surface area contributed by atoms with Crippen LogP contribution in [0.15, 0.2) is 156 Å². The molecule has 0 saturated heterocycles. The molecular formula is C39H25NO. The van der Waals surface area contributed by atoms with E-state index in [0.717, 1.165) is 16.7 Å². The summed E-state index contributed by atoms with van der Waals surface area (Å²) in [6, 6.07) is 53.5. The van der Waals surface area contributed by atoms with Crippen molar-refractivity contribution < 1.29 is 4.42 Å². The van der Waals surface area contributed by atoms with E-state index in [1.54, 1.807) is 0 Å². The molecule has 1 aromatic heterocycles. The van der Waals surface area contributed by atoms with Crippen LogP contribution in [0.3, 0.4) is 0 Å². The van der Waals surface area contributed by atoms with Crippen LogP contribution in [0, 0.1) is 0 Å². The molecule has 0 aliphatic carbocycles. The van der Waals surface area contributed by atoms with Crippen molar-refractivity contribution in [2.24, 2.45) is 0 Å². The Balaban J connectivity index is 1.29. The van der Waals surface area contributed by atoms with Gasteiger partial charge in [0.15, 0.2) is 5.58 Å². The van der Waals surface area contributed by atoms with E-state index < -0.39 is 0 Å². The molecule has 0 saturated carbocycles. The van der Waals surface area contributed by atoms with Gasteiger partial charge >= 0.3 is 0 Å². The molecule has 7 aromatic carbocycles. The summed E-state index contributed by atoms with van der Waals surface area (Å²) in [5.41, 5.74) is 9.98. The van der Waals surface area contributed by atoms with Crippen LogP contribution in [0.2, 0.25) is 0 Å². The number of benzene rings is 7. The lowest BCUT2D eigenvalue weighted by Crippen LogP contribution is -1.91. The van der Waals surface area contributed by atoms with E-state index in [-0.39, 0.29) is 0 Å². The molecule has 0 unspecified atom stereocenters. The summed E-state index contributed by atoms with van der Waals surface area (Å²) in [6.45, 7) is 0. The summed E-state index contributed by atoms with van der Waals surface area (Å²) in [5, 5.41) is 4.97. The number of para-hydroxylation sites is 2. The molecule has 2 heteroatoms. The van der Waals surface area contributed by atoms with E-state index in [1.807, 2.05) is 24.3 Å². The molecule has 0 bridgehead atoms. The highest BCUT2D eigenvalue weighted by Crippen LogP contribution is 2.44. The lowest BCUT2D eigenvalue weighted by atomic mass is 9.85. The molecule has 1 heterocycles. The zero-order valence-electron chi connectivity index (χ0n) is 22.3. The maximum atomic E-state index is 6.03. The van der Waals surface area contributed by atoms with Gasteiger partial charge < -0.3 is 4.42 Å². The normalized spacial score (nSPS) is 11.4. The summed E-state index contributed by atoms with van der Waals surface area (Å²) in [7, 11) is 0. The van der Waals surface area contributed by atoms with Crippen LogP contribution in [0.1, 0.15) is 0 Å². The molecule has 192 valence electrons. The van der Waals surface area contributed by atoms with Gasteiger partial charge in [0, 0.05) is 5.56 Å². The Morgan fingerprint density at radius 1 is 0.341 bits per heavy atom. The van der Waals surface area contributed by atoms with Crippen molar-refractivity contribution in [3.05, 3.63) is 152 Å². The van der Waals surface area contributed by atoms with E-state index in [2.05, 4.69) is 132 Å². The largest absolute Gasteiger partial charge is 0.436 e. The second-order valence-electron chi connectivity index (χ2n) is 10.3. The first-order valence-electron chi connectivity index (χ1n) is 13.9. The van der Waals surface area contributed by atoms with Crippen molar-refractivity contribution in [3.8, 4) is 44.8 Å². The van der Waals surface area contributed by atoms with E-state index in [1.165, 1.54) is 54.9 Å². The van der Waals surface area contributed by atoms with Crippen LogP contribution in [0.5, 0.6) is 0 Å². The summed E-state index contributed by atoms with van der Waals surface area (Å²) < 4.78 is 6.03. The Morgan fingerprint density at radius 3 is 1.29 bits per heavy atom. The standard InChI is InChI=1S/C39H25NO/c1-2-10-26(11-3-1)27-18-20-28(21-19-27)37-31-12-4-6-14-33(31)38(34-15-7-5-13-32(34)37)29-22-24-30(25-23-29)39-40-35-16-8-9-17-36(35)41-39/h1-25H. The van der Waals surface area contributed by atoms with Crippen molar-refractivity contribution in [2.45, 2.75) is 0 Å². The molecule has 8 rings (SSSR count). The molecule has 41 heavy (non-hydrogen) atoms. The third-order valence-electron chi connectivity index (χ3n) is 7.93. The fourth-order valence-corrected chi connectivity index (χ4v) is 5.99. The topological polar surface area (TPSA) is 26.0 Å². The van der Waals surface area contributed by atoms with Crippen LogP contribution in [0.4, 0.5) is 0 Å². The van der Waals surface area contributed by atoms with Gasteiger partial charge in [0.1, 0.15) is 5.52 Å². The van der Waals surface area contributed by atoms with Gasteiger partial charge in [-0.2, -0.15) is 0 Å². The van der Waals surface area contributed by atoms with Gasteiger partial charge in [0.05, 0.1) is 0 Å². The lowest BCUT2D eigenvalue weighted by molar-refractivity contribution is 0.620. The van der Waals surface area contributed by atoms with Crippen LogP contribution < -0.4 is 0 Å². The Labute approximate surface area is 238 Å². The predicted molar refractivity (Wildman–Crippen MR) is 171 cm³/mol. The predicted octanol–water partition coefficient (Wildman–Crippen LogP) is 10.8. The first-order chi connectivity index (χ1) is 20.3. The zero-order valence-corrected chi connectivity index (χ0v) is 22.3. The van der Waals surface area contributed by atoms with Crippen LogP contribution >= 0.6 is 0 Å². The number of nitrogens with zero attached hydrogens (tertiary/aromatic N) is 1. The summed E-state index contributed by atoms with van der Waals surface area (Å²) >= 11 is 0. The van der Waals surface area contributed by atoms with E-state index >= 15 is 0 Å². The first-order valence-corrected chi connectivity index (χ1v) is 13.9. The minimum absolute atomic E-state index is 0.641. The van der Waals surface area contributed by atoms with Gasteiger partial charge in [-0.15, -0.1) is 0 Å².